The molecule has 1 aliphatic rings. The zero-order valence-corrected chi connectivity index (χ0v) is 26.7. The number of hydrogen-bond acceptors (Lipinski definition) is 4. The third-order valence-corrected chi connectivity index (χ3v) is 9.18. The molecule has 48 heavy (non-hydrogen) atoms. The summed E-state index contributed by atoms with van der Waals surface area (Å²) in [4.78, 5) is 10.1. The molecule has 1 aromatic heterocycles. The lowest BCUT2D eigenvalue weighted by molar-refractivity contribution is 0.417. The van der Waals surface area contributed by atoms with Crippen LogP contribution in [0.5, 0.6) is 11.5 Å². The first-order valence-corrected chi connectivity index (χ1v) is 16.1. The molecule has 0 atom stereocenters. The Bertz CT molecular complexity index is 2350. The molecule has 228 valence electrons. The van der Waals surface area contributed by atoms with Crippen LogP contribution in [0, 0.1) is 11.3 Å². The van der Waals surface area contributed by atoms with Gasteiger partial charge in [0, 0.05) is 38.8 Å². The Kier molecular flexibility index (Phi) is 7.16. The number of nitriles is 1. The Morgan fingerprint density at radius 3 is 1.77 bits per heavy atom. The van der Waals surface area contributed by atoms with E-state index in [9.17, 15) is 5.26 Å². The predicted molar refractivity (Wildman–Crippen MR) is 193 cm³/mol. The minimum atomic E-state index is -0.413. The molecule has 0 bridgehead atoms. The van der Waals surface area contributed by atoms with E-state index in [0.717, 1.165) is 73.0 Å². The first-order chi connectivity index (χ1) is 23.5. The summed E-state index contributed by atoms with van der Waals surface area (Å²) in [5.74, 6) is 2.21. The van der Waals surface area contributed by atoms with Crippen LogP contribution in [-0.4, -0.2) is 9.97 Å². The molecule has 4 heteroatoms. The Morgan fingerprint density at radius 2 is 1.08 bits per heavy atom. The molecule has 2 heterocycles. The average molecular weight is 618 g/mol. The van der Waals surface area contributed by atoms with Gasteiger partial charge in [0.25, 0.3) is 0 Å². The van der Waals surface area contributed by atoms with Crippen LogP contribution in [0.1, 0.15) is 30.5 Å². The van der Waals surface area contributed by atoms with Gasteiger partial charge in [-0.05, 0) is 53.1 Å². The molecule has 0 saturated carbocycles. The number of hydrogen-bond donors (Lipinski definition) is 0. The van der Waals surface area contributed by atoms with Crippen molar-refractivity contribution in [3.05, 3.63) is 168 Å². The standard InChI is InChI=1S/C44H31N3O/c1-44(2)37-21-9-10-22-40(37)48-41-24-23-35(36(28-45)42(41)44)32-18-12-20-34(26-32)39-27-38(46-43(47-39)30-15-7-4-8-16-30)33-19-11-17-31(25-33)29-13-5-3-6-14-29/h3-27H,1-2H3. The molecule has 4 nitrogen and oxygen atoms in total. The molecule has 0 fully saturated rings. The second kappa shape index (κ2) is 11.8. The van der Waals surface area contributed by atoms with E-state index in [1.807, 2.05) is 72.8 Å². The molecular weight excluding hydrogens is 587 g/mol. The number of ether oxygens (including phenoxy) is 1. The summed E-state index contributed by atoms with van der Waals surface area (Å²) >= 11 is 0. The quantitative estimate of drug-likeness (QED) is 0.193. The van der Waals surface area contributed by atoms with Crippen molar-refractivity contribution in [2.45, 2.75) is 19.3 Å². The summed E-state index contributed by atoms with van der Waals surface area (Å²) in [7, 11) is 0. The molecule has 0 radical (unpaired) electrons. The zero-order chi connectivity index (χ0) is 32.7. The van der Waals surface area contributed by atoms with E-state index in [-0.39, 0.29) is 0 Å². The number of fused-ring (bicyclic) bond motifs is 2. The monoisotopic (exact) mass is 617 g/mol. The van der Waals surface area contributed by atoms with Crippen LogP contribution < -0.4 is 4.74 Å². The van der Waals surface area contributed by atoms with Gasteiger partial charge in [0.15, 0.2) is 5.82 Å². The maximum absolute atomic E-state index is 10.6. The number of nitrogens with zero attached hydrogens (tertiary/aromatic N) is 3. The van der Waals surface area contributed by atoms with Crippen molar-refractivity contribution in [3.63, 3.8) is 0 Å². The van der Waals surface area contributed by atoms with Crippen molar-refractivity contribution in [3.8, 4) is 73.7 Å². The zero-order valence-electron chi connectivity index (χ0n) is 26.7. The van der Waals surface area contributed by atoms with Crippen LogP contribution in [0.15, 0.2) is 152 Å². The molecule has 0 saturated heterocycles. The summed E-state index contributed by atoms with van der Waals surface area (Å²) < 4.78 is 6.32. The summed E-state index contributed by atoms with van der Waals surface area (Å²) in [5.41, 5.74) is 10.8. The van der Waals surface area contributed by atoms with Gasteiger partial charge in [-0.15, -0.1) is 0 Å². The number of rotatable bonds is 5. The van der Waals surface area contributed by atoms with E-state index in [1.54, 1.807) is 0 Å². The van der Waals surface area contributed by atoms with Gasteiger partial charge in [-0.3, -0.25) is 0 Å². The number of para-hydroxylation sites is 1. The lowest BCUT2D eigenvalue weighted by Crippen LogP contribution is -2.25. The van der Waals surface area contributed by atoms with Crippen LogP contribution in [-0.2, 0) is 5.41 Å². The summed E-state index contributed by atoms with van der Waals surface area (Å²) in [6, 6.07) is 53.9. The van der Waals surface area contributed by atoms with Gasteiger partial charge in [0.1, 0.15) is 17.6 Å². The molecule has 0 amide bonds. The lowest BCUT2D eigenvalue weighted by Gasteiger charge is -2.35. The highest BCUT2D eigenvalue weighted by atomic mass is 16.5. The van der Waals surface area contributed by atoms with E-state index in [4.69, 9.17) is 14.7 Å². The van der Waals surface area contributed by atoms with E-state index >= 15 is 0 Å². The largest absolute Gasteiger partial charge is 0.457 e. The van der Waals surface area contributed by atoms with Gasteiger partial charge in [-0.1, -0.05) is 129 Å². The van der Waals surface area contributed by atoms with E-state index < -0.39 is 5.41 Å². The van der Waals surface area contributed by atoms with Crippen molar-refractivity contribution in [2.75, 3.05) is 0 Å². The van der Waals surface area contributed by atoms with E-state index in [0.29, 0.717) is 11.4 Å². The predicted octanol–water partition coefficient (Wildman–Crippen LogP) is 11.1. The Hall–Kier alpha value is -6.31. The second-order valence-corrected chi connectivity index (χ2v) is 12.6. The van der Waals surface area contributed by atoms with E-state index in [1.165, 1.54) is 0 Å². The topological polar surface area (TPSA) is 58.8 Å². The fourth-order valence-electron chi connectivity index (χ4n) is 6.76. The van der Waals surface area contributed by atoms with Gasteiger partial charge in [-0.2, -0.15) is 5.26 Å². The highest BCUT2D eigenvalue weighted by molar-refractivity contribution is 5.81. The molecule has 0 spiro atoms. The average Bonchev–Trinajstić information content (AvgIpc) is 3.15. The highest BCUT2D eigenvalue weighted by Crippen LogP contribution is 2.50. The Balaban J connectivity index is 1.26. The third-order valence-electron chi connectivity index (χ3n) is 9.18. The van der Waals surface area contributed by atoms with Crippen molar-refractivity contribution in [1.29, 1.82) is 5.26 Å². The SMILES string of the molecule is CC1(C)c2ccccc2Oc2ccc(-c3cccc(-c4cc(-c5cccc(-c6ccccc6)c5)nc(-c5ccccc5)n4)c3)c(C#N)c21. The minimum Gasteiger partial charge on any atom is -0.457 e. The van der Waals surface area contributed by atoms with Crippen molar-refractivity contribution < 1.29 is 4.74 Å². The number of aromatic nitrogens is 2. The normalized spacial score (nSPS) is 12.7. The van der Waals surface area contributed by atoms with Crippen LogP contribution in [0.4, 0.5) is 0 Å². The molecule has 6 aromatic carbocycles. The van der Waals surface area contributed by atoms with Gasteiger partial charge in [-0.25, -0.2) is 9.97 Å². The lowest BCUT2D eigenvalue weighted by atomic mass is 9.72. The van der Waals surface area contributed by atoms with Crippen LogP contribution in [0.3, 0.4) is 0 Å². The van der Waals surface area contributed by atoms with Gasteiger partial charge < -0.3 is 4.74 Å². The molecule has 0 N–H and O–H groups in total. The van der Waals surface area contributed by atoms with Crippen molar-refractivity contribution in [2.24, 2.45) is 0 Å². The smallest absolute Gasteiger partial charge is 0.160 e. The van der Waals surface area contributed by atoms with Crippen LogP contribution in [0.2, 0.25) is 0 Å². The Labute approximate surface area is 280 Å². The molecule has 7 aromatic rings. The van der Waals surface area contributed by atoms with Crippen molar-refractivity contribution in [1.82, 2.24) is 9.97 Å². The first kappa shape index (κ1) is 29.1. The van der Waals surface area contributed by atoms with Crippen LogP contribution in [0.25, 0.3) is 56.2 Å². The van der Waals surface area contributed by atoms with Crippen molar-refractivity contribution >= 4 is 0 Å². The second-order valence-electron chi connectivity index (χ2n) is 12.6. The molecule has 0 unspecified atom stereocenters. The van der Waals surface area contributed by atoms with Gasteiger partial charge in [0.2, 0.25) is 0 Å². The van der Waals surface area contributed by atoms with E-state index in [2.05, 4.69) is 98.8 Å². The van der Waals surface area contributed by atoms with Crippen LogP contribution >= 0.6 is 0 Å². The molecule has 0 aliphatic carbocycles. The highest BCUT2D eigenvalue weighted by Gasteiger charge is 2.37. The fraction of sp³-hybridized carbons (Fsp3) is 0.0682. The maximum atomic E-state index is 10.6. The fourth-order valence-corrected chi connectivity index (χ4v) is 6.76. The van der Waals surface area contributed by atoms with Gasteiger partial charge in [0.05, 0.1) is 17.0 Å². The van der Waals surface area contributed by atoms with Gasteiger partial charge >= 0.3 is 0 Å². The number of benzene rings is 6. The molecular formula is C44H31N3O. The summed E-state index contributed by atoms with van der Waals surface area (Å²) in [5, 5.41) is 10.6. The Morgan fingerprint density at radius 1 is 0.521 bits per heavy atom. The molecule has 8 rings (SSSR count). The maximum Gasteiger partial charge on any atom is 0.160 e. The third kappa shape index (κ3) is 5.12. The minimum absolute atomic E-state index is 0.413. The molecule has 1 aliphatic heterocycles. The summed E-state index contributed by atoms with van der Waals surface area (Å²) in [6.45, 7) is 4.32. The summed E-state index contributed by atoms with van der Waals surface area (Å²) in [6.07, 6.45) is 0. The first-order valence-electron chi connectivity index (χ1n) is 16.1.